The molecule has 3 nitrogen and oxygen atoms in total. The van der Waals surface area contributed by atoms with Crippen LogP contribution in [-0.2, 0) is 4.79 Å². The molecular weight excluding hydrogens is 264 g/mol. The molecular formula is C15H17F2NO2. The van der Waals surface area contributed by atoms with Crippen LogP contribution >= 0.6 is 0 Å². The van der Waals surface area contributed by atoms with Gasteiger partial charge in [-0.1, -0.05) is 6.07 Å². The average molecular weight is 281 g/mol. The van der Waals surface area contributed by atoms with Crippen LogP contribution in [0, 0.1) is 17.6 Å². The molecule has 0 aromatic heterocycles. The maximum atomic E-state index is 13.2. The summed E-state index contributed by atoms with van der Waals surface area (Å²) in [4.78, 5) is 14.1. The van der Waals surface area contributed by atoms with Gasteiger partial charge in [-0.15, -0.1) is 0 Å². The van der Waals surface area contributed by atoms with Crippen molar-refractivity contribution in [3.05, 3.63) is 35.4 Å². The molecule has 0 bridgehead atoms. The second-order valence-corrected chi connectivity index (χ2v) is 5.63. The van der Waals surface area contributed by atoms with E-state index < -0.39 is 11.6 Å². The lowest BCUT2D eigenvalue weighted by Crippen LogP contribution is -2.38. The fraction of sp³-hybridized carbons (Fsp3) is 0.533. The van der Waals surface area contributed by atoms with Gasteiger partial charge in [0.15, 0.2) is 11.6 Å². The number of hydrogen-bond donors (Lipinski definition) is 1. The maximum absolute atomic E-state index is 13.2. The van der Waals surface area contributed by atoms with E-state index in [2.05, 4.69) is 0 Å². The first-order valence-corrected chi connectivity index (χ1v) is 6.98. The molecule has 1 aliphatic carbocycles. The number of carbonyl (C=O) groups excluding carboxylic acids is 1. The van der Waals surface area contributed by atoms with Gasteiger partial charge in [-0.25, -0.2) is 8.78 Å². The summed E-state index contributed by atoms with van der Waals surface area (Å²) in [6.07, 6.45) is 2.43. The average Bonchev–Trinajstić information content (AvgIpc) is 3.10. The zero-order valence-corrected chi connectivity index (χ0v) is 11.1. The summed E-state index contributed by atoms with van der Waals surface area (Å²) in [6.45, 7) is 0.680. The first-order chi connectivity index (χ1) is 9.61. The number of nitrogens with zero attached hydrogens (tertiary/aromatic N) is 1. The van der Waals surface area contributed by atoms with Crippen molar-refractivity contribution in [2.24, 2.45) is 5.92 Å². The van der Waals surface area contributed by atoms with E-state index in [1.54, 1.807) is 11.0 Å². The monoisotopic (exact) mass is 281 g/mol. The molecule has 0 unspecified atom stereocenters. The number of aliphatic hydroxyl groups excluding tert-OH is 1. The van der Waals surface area contributed by atoms with Gasteiger partial charge >= 0.3 is 0 Å². The van der Waals surface area contributed by atoms with E-state index in [9.17, 15) is 18.7 Å². The number of aliphatic hydroxyl groups is 1. The van der Waals surface area contributed by atoms with Gasteiger partial charge in [0.1, 0.15) is 0 Å². The Morgan fingerprint density at radius 2 is 2.15 bits per heavy atom. The van der Waals surface area contributed by atoms with E-state index in [1.165, 1.54) is 6.07 Å². The first-order valence-electron chi connectivity index (χ1n) is 6.98. The van der Waals surface area contributed by atoms with Crippen LogP contribution in [0.3, 0.4) is 0 Å². The molecule has 1 aliphatic heterocycles. The van der Waals surface area contributed by atoms with Crippen molar-refractivity contribution in [3.8, 4) is 0 Å². The van der Waals surface area contributed by atoms with Gasteiger partial charge in [-0.3, -0.25) is 4.79 Å². The highest BCUT2D eigenvalue weighted by Gasteiger charge is 2.47. The topological polar surface area (TPSA) is 40.5 Å². The van der Waals surface area contributed by atoms with Gasteiger partial charge in [-0.2, -0.15) is 0 Å². The fourth-order valence-corrected chi connectivity index (χ4v) is 3.11. The Labute approximate surface area is 116 Å². The molecule has 108 valence electrons. The summed E-state index contributed by atoms with van der Waals surface area (Å²) in [6, 6.07) is 3.76. The zero-order valence-electron chi connectivity index (χ0n) is 11.1. The van der Waals surface area contributed by atoms with E-state index >= 15 is 0 Å². The molecule has 0 radical (unpaired) electrons. The summed E-state index contributed by atoms with van der Waals surface area (Å²) in [7, 11) is 0. The maximum Gasteiger partial charge on any atom is 0.226 e. The van der Waals surface area contributed by atoms with Crippen molar-refractivity contribution < 1.29 is 18.7 Å². The summed E-state index contributed by atoms with van der Waals surface area (Å²) in [5.41, 5.74) is 0.682. The van der Waals surface area contributed by atoms with E-state index in [0.29, 0.717) is 18.5 Å². The smallest absolute Gasteiger partial charge is 0.226 e. The van der Waals surface area contributed by atoms with E-state index in [4.69, 9.17) is 0 Å². The predicted molar refractivity (Wildman–Crippen MR) is 69.0 cm³/mol. The van der Waals surface area contributed by atoms with Crippen LogP contribution in [0.2, 0.25) is 0 Å². The number of likely N-dealkylation sites (tertiary alicyclic amines) is 1. The molecule has 1 saturated heterocycles. The molecule has 3 atom stereocenters. The Hall–Kier alpha value is -1.49. The third-order valence-corrected chi connectivity index (χ3v) is 4.35. The van der Waals surface area contributed by atoms with E-state index in [0.717, 1.165) is 18.9 Å². The molecule has 1 aromatic rings. The lowest BCUT2D eigenvalue weighted by molar-refractivity contribution is -0.134. The number of rotatable bonds is 3. The van der Waals surface area contributed by atoms with Gasteiger partial charge in [-0.05, 0) is 42.9 Å². The van der Waals surface area contributed by atoms with Gasteiger partial charge in [0.05, 0.1) is 12.6 Å². The minimum absolute atomic E-state index is 0.00565. The van der Waals surface area contributed by atoms with Crippen LogP contribution in [0.4, 0.5) is 8.78 Å². The normalized spacial score (nSPS) is 28.8. The first kappa shape index (κ1) is 13.5. The van der Waals surface area contributed by atoms with E-state index in [-0.39, 0.29) is 30.4 Å². The predicted octanol–water partition coefficient (Wildman–Crippen LogP) is 2.05. The Balaban J connectivity index is 1.69. The molecule has 1 heterocycles. The Kier molecular flexibility index (Phi) is 3.46. The highest BCUT2D eigenvalue weighted by molar-refractivity contribution is 5.83. The number of benzene rings is 1. The molecule has 0 spiro atoms. The number of halogens is 2. The zero-order chi connectivity index (χ0) is 14.3. The quantitative estimate of drug-likeness (QED) is 0.921. The third kappa shape index (κ3) is 2.30. The summed E-state index contributed by atoms with van der Waals surface area (Å²) < 4.78 is 26.1. The number of carbonyl (C=O) groups is 1. The Morgan fingerprint density at radius 1 is 1.35 bits per heavy atom. The van der Waals surface area contributed by atoms with Gasteiger partial charge in [0.2, 0.25) is 5.91 Å². The molecule has 3 rings (SSSR count). The molecule has 2 aliphatic rings. The SMILES string of the molecule is O=C([C@@H]1C[C@@H]1c1ccc(F)c(F)c1)N1CCC[C@H]1CO. The Bertz CT molecular complexity index is 535. The molecule has 1 aromatic carbocycles. The van der Waals surface area contributed by atoms with Crippen LogP contribution < -0.4 is 0 Å². The Morgan fingerprint density at radius 3 is 2.85 bits per heavy atom. The molecule has 5 heteroatoms. The molecule has 1 N–H and O–H groups in total. The highest BCUT2D eigenvalue weighted by Crippen LogP contribution is 2.49. The van der Waals surface area contributed by atoms with Crippen molar-refractivity contribution in [1.29, 1.82) is 0 Å². The summed E-state index contributed by atoms with van der Waals surface area (Å²) in [5.74, 6) is -1.85. The van der Waals surface area contributed by atoms with Gasteiger partial charge in [0.25, 0.3) is 0 Å². The van der Waals surface area contributed by atoms with Crippen molar-refractivity contribution in [2.45, 2.75) is 31.2 Å². The second-order valence-electron chi connectivity index (χ2n) is 5.63. The van der Waals surface area contributed by atoms with Crippen LogP contribution in [-0.4, -0.2) is 35.1 Å². The molecule has 20 heavy (non-hydrogen) atoms. The lowest BCUT2D eigenvalue weighted by atomic mass is 10.1. The minimum Gasteiger partial charge on any atom is -0.394 e. The molecule has 1 amide bonds. The minimum atomic E-state index is -0.866. The molecule has 1 saturated carbocycles. The number of hydrogen-bond acceptors (Lipinski definition) is 2. The lowest BCUT2D eigenvalue weighted by Gasteiger charge is -2.23. The standard InChI is InChI=1S/C15H17F2NO2/c16-13-4-3-9(6-14(13)17)11-7-12(11)15(20)18-5-1-2-10(18)8-19/h3-4,6,10-12,19H,1-2,5,7-8H2/t10-,11+,12+/m0/s1. The molecule has 2 fully saturated rings. The second kappa shape index (κ2) is 5.13. The fourth-order valence-electron chi connectivity index (χ4n) is 3.11. The van der Waals surface area contributed by atoms with Gasteiger partial charge in [0, 0.05) is 12.5 Å². The van der Waals surface area contributed by atoms with Crippen LogP contribution in [0.1, 0.15) is 30.7 Å². The van der Waals surface area contributed by atoms with Crippen molar-refractivity contribution in [1.82, 2.24) is 4.90 Å². The van der Waals surface area contributed by atoms with Crippen molar-refractivity contribution in [3.63, 3.8) is 0 Å². The van der Waals surface area contributed by atoms with Crippen molar-refractivity contribution in [2.75, 3.05) is 13.2 Å². The van der Waals surface area contributed by atoms with Crippen molar-refractivity contribution >= 4 is 5.91 Å². The highest BCUT2D eigenvalue weighted by atomic mass is 19.2. The largest absolute Gasteiger partial charge is 0.394 e. The van der Waals surface area contributed by atoms with Crippen LogP contribution in [0.15, 0.2) is 18.2 Å². The van der Waals surface area contributed by atoms with E-state index in [1.807, 2.05) is 0 Å². The summed E-state index contributed by atoms with van der Waals surface area (Å²) >= 11 is 0. The summed E-state index contributed by atoms with van der Waals surface area (Å²) in [5, 5.41) is 9.25. The van der Waals surface area contributed by atoms with Gasteiger partial charge < -0.3 is 10.0 Å². The third-order valence-electron chi connectivity index (χ3n) is 4.35. The number of amides is 1. The van der Waals surface area contributed by atoms with Crippen LogP contribution in [0.25, 0.3) is 0 Å². The van der Waals surface area contributed by atoms with Crippen LogP contribution in [0.5, 0.6) is 0 Å².